The van der Waals surface area contributed by atoms with Gasteiger partial charge in [0.25, 0.3) is 0 Å². The molecule has 0 saturated heterocycles. The van der Waals surface area contributed by atoms with E-state index in [4.69, 9.17) is 0 Å². The monoisotopic (exact) mass is 510 g/mol. The summed E-state index contributed by atoms with van der Waals surface area (Å²) in [6, 6.07) is 0. The Morgan fingerprint density at radius 3 is 0.737 bits per heavy atom. The second kappa shape index (κ2) is 11.8. The maximum atomic E-state index is 2.38. The molecule has 3 rings (SSSR count). The van der Waals surface area contributed by atoms with Crippen molar-refractivity contribution in [2.75, 3.05) is 0 Å². The standard InChI is InChI=1S/C38H54/c1-15-31-27(11)32(16-2)29(13)38(28(31)12)20-36-25(9)23(7)35(24(8)26(36)10)19-37-22(6)21(5)33(17-3)34(18-4)30(37)14/h15-20H2,1-14H3. The zero-order chi connectivity index (χ0) is 28.6. The van der Waals surface area contributed by atoms with Gasteiger partial charge in [-0.25, -0.2) is 0 Å². The first-order valence-corrected chi connectivity index (χ1v) is 15.2. The molecule has 0 bridgehead atoms. The van der Waals surface area contributed by atoms with Crippen molar-refractivity contribution in [3.63, 3.8) is 0 Å². The van der Waals surface area contributed by atoms with Gasteiger partial charge in [-0.15, -0.1) is 0 Å². The van der Waals surface area contributed by atoms with Crippen molar-refractivity contribution < 1.29 is 0 Å². The third-order valence-electron chi connectivity index (χ3n) is 10.5. The molecule has 0 saturated carbocycles. The zero-order valence-electron chi connectivity index (χ0n) is 27.2. The predicted molar refractivity (Wildman–Crippen MR) is 170 cm³/mol. The molecule has 0 aliphatic rings. The summed E-state index contributed by atoms with van der Waals surface area (Å²) in [5, 5.41) is 0. The molecular formula is C38H54. The third kappa shape index (κ3) is 4.89. The fraction of sp³-hybridized carbons (Fsp3) is 0.526. The second-order valence-corrected chi connectivity index (χ2v) is 11.8. The van der Waals surface area contributed by atoms with E-state index in [2.05, 4.69) is 96.9 Å². The number of hydrogen-bond donors (Lipinski definition) is 0. The summed E-state index contributed by atoms with van der Waals surface area (Å²) in [6.07, 6.45) is 6.55. The summed E-state index contributed by atoms with van der Waals surface area (Å²) in [5.74, 6) is 0. The Hall–Kier alpha value is -2.34. The van der Waals surface area contributed by atoms with E-state index in [0.29, 0.717) is 0 Å². The maximum absolute atomic E-state index is 2.38. The highest BCUT2D eigenvalue weighted by Gasteiger charge is 2.22. The molecule has 0 aliphatic heterocycles. The van der Waals surface area contributed by atoms with Crippen LogP contribution in [0, 0.1) is 69.2 Å². The molecule has 0 N–H and O–H groups in total. The largest absolute Gasteiger partial charge is 0.0613 e. The molecule has 0 aliphatic carbocycles. The van der Waals surface area contributed by atoms with Gasteiger partial charge in [0.1, 0.15) is 0 Å². The van der Waals surface area contributed by atoms with Crippen molar-refractivity contribution in [2.24, 2.45) is 0 Å². The Morgan fingerprint density at radius 1 is 0.237 bits per heavy atom. The summed E-state index contributed by atoms with van der Waals surface area (Å²) >= 11 is 0. The third-order valence-corrected chi connectivity index (χ3v) is 10.5. The van der Waals surface area contributed by atoms with Crippen LogP contribution in [0.2, 0.25) is 0 Å². The Kier molecular flexibility index (Phi) is 9.39. The van der Waals surface area contributed by atoms with Crippen LogP contribution < -0.4 is 0 Å². The molecular weight excluding hydrogens is 456 g/mol. The van der Waals surface area contributed by atoms with E-state index >= 15 is 0 Å². The topological polar surface area (TPSA) is 0 Å². The molecule has 0 radical (unpaired) electrons. The lowest BCUT2D eigenvalue weighted by Crippen LogP contribution is -2.12. The van der Waals surface area contributed by atoms with Crippen LogP contribution >= 0.6 is 0 Å². The highest BCUT2D eigenvalue weighted by atomic mass is 14.3. The zero-order valence-corrected chi connectivity index (χ0v) is 27.2. The molecule has 38 heavy (non-hydrogen) atoms. The van der Waals surface area contributed by atoms with Gasteiger partial charge in [0.15, 0.2) is 0 Å². The summed E-state index contributed by atoms with van der Waals surface area (Å²) in [4.78, 5) is 0. The second-order valence-electron chi connectivity index (χ2n) is 11.8. The van der Waals surface area contributed by atoms with Gasteiger partial charge in [0, 0.05) is 0 Å². The van der Waals surface area contributed by atoms with Crippen LogP contribution in [0.3, 0.4) is 0 Å². The van der Waals surface area contributed by atoms with Crippen molar-refractivity contribution in [2.45, 2.75) is 135 Å². The Labute approximate surface area is 235 Å². The molecule has 0 unspecified atom stereocenters. The first kappa shape index (κ1) is 30.2. The molecule has 0 spiro atoms. The molecule has 0 nitrogen and oxygen atoms in total. The average Bonchev–Trinajstić information content (AvgIpc) is 2.89. The van der Waals surface area contributed by atoms with Crippen molar-refractivity contribution in [1.29, 1.82) is 0 Å². The minimum atomic E-state index is 1.04. The summed E-state index contributed by atoms with van der Waals surface area (Å²) in [6.45, 7) is 32.9. The lowest BCUT2D eigenvalue weighted by molar-refractivity contribution is 0.945. The van der Waals surface area contributed by atoms with Crippen LogP contribution in [-0.2, 0) is 38.5 Å². The van der Waals surface area contributed by atoms with Crippen LogP contribution in [0.1, 0.15) is 128 Å². The predicted octanol–water partition coefficient (Wildman–Crippen LogP) is 10.2. The van der Waals surface area contributed by atoms with Crippen LogP contribution in [0.25, 0.3) is 0 Å². The highest BCUT2D eigenvalue weighted by Crippen LogP contribution is 2.36. The Bertz CT molecular complexity index is 1320. The number of benzene rings is 3. The maximum Gasteiger partial charge on any atom is -0.00149 e. The first-order valence-electron chi connectivity index (χ1n) is 15.2. The van der Waals surface area contributed by atoms with E-state index in [1.54, 1.807) is 44.5 Å². The molecule has 206 valence electrons. The fourth-order valence-corrected chi connectivity index (χ4v) is 7.66. The number of hydrogen-bond acceptors (Lipinski definition) is 0. The molecule has 0 fully saturated rings. The quantitative estimate of drug-likeness (QED) is 0.283. The van der Waals surface area contributed by atoms with Crippen molar-refractivity contribution in [3.8, 4) is 0 Å². The van der Waals surface area contributed by atoms with E-state index in [1.807, 2.05) is 0 Å². The van der Waals surface area contributed by atoms with Gasteiger partial charge in [-0.3, -0.25) is 0 Å². The molecule has 0 heterocycles. The van der Waals surface area contributed by atoms with Crippen molar-refractivity contribution >= 4 is 0 Å². The lowest BCUT2D eigenvalue weighted by atomic mass is 9.78. The van der Waals surface area contributed by atoms with Gasteiger partial charge < -0.3 is 0 Å². The normalized spacial score (nSPS) is 11.5. The van der Waals surface area contributed by atoms with E-state index < -0.39 is 0 Å². The first-order chi connectivity index (χ1) is 17.9. The van der Waals surface area contributed by atoms with E-state index in [0.717, 1.165) is 38.5 Å². The van der Waals surface area contributed by atoms with Crippen LogP contribution in [0.5, 0.6) is 0 Å². The minimum Gasteiger partial charge on any atom is -0.0613 e. The number of rotatable bonds is 8. The van der Waals surface area contributed by atoms with Crippen LogP contribution in [-0.4, -0.2) is 0 Å². The fourth-order valence-electron chi connectivity index (χ4n) is 7.66. The van der Waals surface area contributed by atoms with E-state index in [1.165, 1.54) is 55.6 Å². The van der Waals surface area contributed by atoms with Crippen molar-refractivity contribution in [1.82, 2.24) is 0 Å². The van der Waals surface area contributed by atoms with Crippen molar-refractivity contribution in [3.05, 3.63) is 100 Å². The van der Waals surface area contributed by atoms with Gasteiger partial charge in [0.2, 0.25) is 0 Å². The molecule has 3 aromatic carbocycles. The Morgan fingerprint density at radius 2 is 0.421 bits per heavy atom. The van der Waals surface area contributed by atoms with Gasteiger partial charge in [0.05, 0.1) is 0 Å². The Balaban J connectivity index is 2.20. The summed E-state index contributed by atoms with van der Waals surface area (Å²) < 4.78 is 0. The summed E-state index contributed by atoms with van der Waals surface area (Å²) in [7, 11) is 0. The van der Waals surface area contributed by atoms with Crippen LogP contribution in [0.15, 0.2) is 0 Å². The van der Waals surface area contributed by atoms with Gasteiger partial charge in [-0.05, 0) is 208 Å². The summed E-state index contributed by atoms with van der Waals surface area (Å²) in [5.41, 5.74) is 27.5. The lowest BCUT2D eigenvalue weighted by Gasteiger charge is -2.26. The molecule has 0 heteroatoms. The van der Waals surface area contributed by atoms with E-state index in [-0.39, 0.29) is 0 Å². The van der Waals surface area contributed by atoms with E-state index in [9.17, 15) is 0 Å². The molecule has 0 aromatic heterocycles. The van der Waals surface area contributed by atoms with Gasteiger partial charge >= 0.3 is 0 Å². The smallest absolute Gasteiger partial charge is 0.00149 e. The molecule has 3 aromatic rings. The van der Waals surface area contributed by atoms with Gasteiger partial charge in [-0.2, -0.15) is 0 Å². The van der Waals surface area contributed by atoms with Crippen LogP contribution in [0.4, 0.5) is 0 Å². The SMILES string of the molecule is CCc1c(C)c(CC)c(C)c(Cc2c(C)c(C)c(Cc3c(C)c(C)c(CC)c(CC)c3C)c(C)c2C)c1C. The minimum absolute atomic E-state index is 1.04. The highest BCUT2D eigenvalue weighted by molar-refractivity contribution is 5.59. The molecule has 0 amide bonds. The average molecular weight is 511 g/mol. The van der Waals surface area contributed by atoms with Gasteiger partial charge in [-0.1, -0.05) is 27.7 Å². The molecule has 0 atom stereocenters.